The molecule has 0 fully saturated rings. The molecule has 0 saturated carbocycles. The SMILES string of the molecule is CCCCCCCCCCCCOc1ccc(C(=O)Oc2cc3c4cc(OC(=O)c5ccc(OCCCCCCCCCCCC)cc5)c(OC(=O)c5ccc(OCCCCCCCCCCCC)cc5)cc4c4cc(OC(=O)c5ccc(OCCCCCCCCCCCC)cc5)c(OC(=O)c5ccc(OCCCCCCCCCCCC)cc5)cc4c3cc2OC(=O)c2ccc(OCCCCCCCCCCCC)cc2)cc1. The van der Waals surface area contributed by atoms with Crippen molar-refractivity contribution in [2.45, 2.75) is 427 Å². The molecule has 0 unspecified atom stereocenters. The molecule has 0 aliphatic carbocycles. The summed E-state index contributed by atoms with van der Waals surface area (Å²) < 4.78 is 76.7. The summed E-state index contributed by atoms with van der Waals surface area (Å²) in [6.07, 6.45) is 71.1. The molecule has 0 bridgehead atoms. The summed E-state index contributed by atoms with van der Waals surface area (Å²) in [6.45, 7) is 16.5. The molecule has 0 N–H and O–H groups in total. The lowest BCUT2D eigenvalue weighted by molar-refractivity contribution is 0.0682. The highest BCUT2D eigenvalue weighted by Gasteiger charge is 2.28. The summed E-state index contributed by atoms with van der Waals surface area (Å²) in [6, 6.07) is 49.5. The van der Waals surface area contributed by atoms with E-state index in [0.29, 0.717) is 106 Å². The minimum atomic E-state index is -0.810. The van der Waals surface area contributed by atoms with Crippen LogP contribution in [0.25, 0.3) is 32.3 Å². The Morgan fingerprint density at radius 3 is 0.347 bits per heavy atom. The van der Waals surface area contributed by atoms with Crippen LogP contribution in [0.1, 0.15) is 489 Å². The van der Waals surface area contributed by atoms with Gasteiger partial charge in [-0.3, -0.25) is 0 Å². The summed E-state index contributed by atoms with van der Waals surface area (Å²) in [4.78, 5) is 91.1. The average Bonchev–Trinajstić information content (AvgIpc) is 0.720. The molecule has 10 aromatic carbocycles. The topological polar surface area (TPSA) is 213 Å². The highest BCUT2D eigenvalue weighted by atomic mass is 16.6. The third kappa shape index (κ3) is 45.6. The predicted molar refractivity (Wildman–Crippen MR) is 611 cm³/mol. The summed E-state index contributed by atoms with van der Waals surface area (Å²) in [5, 5.41) is 1.82. The zero-order valence-electron chi connectivity index (χ0n) is 92.3. The smallest absolute Gasteiger partial charge is 0.343 e. The number of esters is 6. The van der Waals surface area contributed by atoms with Gasteiger partial charge in [0.25, 0.3) is 0 Å². The molecule has 0 amide bonds. The van der Waals surface area contributed by atoms with Crippen LogP contribution in [-0.2, 0) is 0 Å². The molecule has 10 aromatic rings. The van der Waals surface area contributed by atoms with Gasteiger partial charge in [0.05, 0.1) is 73.0 Å². The molecule has 0 heterocycles. The second kappa shape index (κ2) is 73.7. The van der Waals surface area contributed by atoms with Crippen molar-refractivity contribution in [2.75, 3.05) is 39.6 Å². The molecule has 18 heteroatoms. The molecule has 18 nitrogen and oxygen atoms in total. The van der Waals surface area contributed by atoms with Gasteiger partial charge in [-0.25, -0.2) is 28.8 Å². The second-order valence-electron chi connectivity index (χ2n) is 41.2. The molecule has 150 heavy (non-hydrogen) atoms. The minimum Gasteiger partial charge on any atom is -0.494 e. The molecule has 0 spiro atoms. The fraction of sp³-hybridized carbons (Fsp3) is 0.545. The van der Waals surface area contributed by atoms with E-state index in [4.69, 9.17) is 56.8 Å². The third-order valence-electron chi connectivity index (χ3n) is 28.5. The quantitative estimate of drug-likeness (QED) is 0.0150. The largest absolute Gasteiger partial charge is 0.494 e. The van der Waals surface area contributed by atoms with Gasteiger partial charge in [0.2, 0.25) is 0 Å². The number of fused-ring (bicyclic) bond motifs is 6. The first kappa shape index (κ1) is 120. The minimum absolute atomic E-state index is 0.153. The van der Waals surface area contributed by atoms with E-state index in [2.05, 4.69) is 41.5 Å². The van der Waals surface area contributed by atoms with Gasteiger partial charge >= 0.3 is 35.8 Å². The number of benzene rings is 10. The number of carbonyl (C=O) groups excluding carboxylic acids is 6. The van der Waals surface area contributed by atoms with E-state index in [9.17, 15) is 0 Å². The van der Waals surface area contributed by atoms with Crippen molar-refractivity contribution in [1.82, 2.24) is 0 Å². The normalized spacial score (nSPS) is 11.3. The zero-order chi connectivity index (χ0) is 106. The number of ether oxygens (including phenoxy) is 12. The van der Waals surface area contributed by atoms with Crippen LogP contribution in [0.5, 0.6) is 69.0 Å². The number of unbranched alkanes of at least 4 members (excludes halogenated alkanes) is 54. The average molecular weight is 2050 g/mol. The standard InChI is InChI=1S/C132H180O18/c1-7-13-19-25-31-37-43-49-55-61-91-139-109-79-67-103(68-80-109)127(133)145-121-97-115-116(98-122(121)146-128(134)104-69-81-110(82-70-104)140-92-62-56-50-44-38-32-26-20-14-8-2)118-100-124(148-130(136)106-73-85-112(86-74-106)142-94-64-58-52-46-40-34-28-22-16-10-4)126(150-132(138)108-77-89-114(90-78-108)144-96-66-60-54-48-42-36-30-24-18-12-6)102-120(118)119-101-125(149-131(137)107-75-87-113(88-76-107)143-95-65-59-53-47-41-35-29-23-17-11-5)123(99-117(115)119)147-129(135)105-71-83-111(84-72-105)141-93-63-57-51-45-39-33-27-21-15-9-3/h67-90,97-102H,7-66,91-96H2,1-6H3. The zero-order valence-corrected chi connectivity index (χ0v) is 92.3. The fourth-order valence-corrected chi connectivity index (χ4v) is 19.2. The van der Waals surface area contributed by atoms with Crippen molar-refractivity contribution in [3.63, 3.8) is 0 Å². The molecule has 0 saturated heterocycles. The van der Waals surface area contributed by atoms with E-state index < -0.39 is 35.8 Å². The summed E-state index contributed by atoms with van der Waals surface area (Å²) in [5.41, 5.74) is 0.918. The van der Waals surface area contributed by atoms with Crippen LogP contribution in [0.4, 0.5) is 0 Å². The van der Waals surface area contributed by atoms with Crippen molar-refractivity contribution in [2.24, 2.45) is 0 Å². The van der Waals surface area contributed by atoms with Crippen molar-refractivity contribution < 1.29 is 85.6 Å². The van der Waals surface area contributed by atoms with Crippen LogP contribution >= 0.6 is 0 Å². The number of hydrogen-bond donors (Lipinski definition) is 0. The highest BCUT2D eigenvalue weighted by molar-refractivity contribution is 6.27. The molecule has 0 aliphatic rings. The lowest BCUT2D eigenvalue weighted by atomic mass is 9.93. The van der Waals surface area contributed by atoms with E-state index in [1.54, 1.807) is 182 Å². The van der Waals surface area contributed by atoms with Gasteiger partial charge in [0.15, 0.2) is 34.5 Å². The predicted octanol–water partition coefficient (Wildman–Crippen LogP) is 38.3. The summed E-state index contributed by atoms with van der Waals surface area (Å²) in [5.74, 6) is -2.64. The van der Waals surface area contributed by atoms with E-state index in [0.717, 1.165) is 116 Å². The molecule has 0 radical (unpaired) electrons. The van der Waals surface area contributed by atoms with Gasteiger partial charge in [-0.2, -0.15) is 0 Å². The van der Waals surface area contributed by atoms with Crippen LogP contribution in [0, 0.1) is 0 Å². The fourth-order valence-electron chi connectivity index (χ4n) is 19.2. The van der Waals surface area contributed by atoms with Crippen molar-refractivity contribution >= 4 is 68.1 Å². The molecule has 0 aromatic heterocycles. The Labute approximate surface area is 899 Å². The van der Waals surface area contributed by atoms with Gasteiger partial charge in [-0.1, -0.05) is 388 Å². The van der Waals surface area contributed by atoms with Crippen LogP contribution in [-0.4, -0.2) is 75.5 Å². The summed E-state index contributed by atoms with van der Waals surface area (Å²) >= 11 is 0. The van der Waals surface area contributed by atoms with Crippen LogP contribution in [0.15, 0.2) is 182 Å². The van der Waals surface area contributed by atoms with Crippen LogP contribution in [0.3, 0.4) is 0 Å². The van der Waals surface area contributed by atoms with Gasteiger partial charge in [-0.15, -0.1) is 0 Å². The first-order chi connectivity index (χ1) is 73.8. The Bertz CT molecular complexity index is 4550. The van der Waals surface area contributed by atoms with Crippen LogP contribution < -0.4 is 56.8 Å². The number of carbonyl (C=O) groups is 6. The van der Waals surface area contributed by atoms with Crippen molar-refractivity contribution in [1.29, 1.82) is 0 Å². The Balaban J connectivity index is 1.07. The Hall–Kier alpha value is -11.4. The van der Waals surface area contributed by atoms with Gasteiger partial charge in [-0.05, 0) is 253 Å². The molecule has 0 aliphatic heterocycles. The number of rotatable bonds is 84. The van der Waals surface area contributed by atoms with E-state index in [-0.39, 0.29) is 67.9 Å². The Morgan fingerprint density at radius 2 is 0.240 bits per heavy atom. The maximum Gasteiger partial charge on any atom is 0.343 e. The van der Waals surface area contributed by atoms with Gasteiger partial charge in [0, 0.05) is 0 Å². The molecule has 0 atom stereocenters. The van der Waals surface area contributed by atoms with E-state index in [1.807, 2.05) is 0 Å². The van der Waals surface area contributed by atoms with Crippen molar-refractivity contribution in [3.8, 4) is 69.0 Å². The summed E-state index contributed by atoms with van der Waals surface area (Å²) in [7, 11) is 0. The second-order valence-corrected chi connectivity index (χ2v) is 41.2. The lowest BCUT2D eigenvalue weighted by Crippen LogP contribution is -2.14. The van der Waals surface area contributed by atoms with E-state index in [1.165, 1.54) is 270 Å². The monoisotopic (exact) mass is 2050 g/mol. The molecule has 816 valence electrons. The first-order valence-corrected chi connectivity index (χ1v) is 59.0. The Morgan fingerprint density at radius 1 is 0.140 bits per heavy atom. The Kier molecular flexibility index (Phi) is 59.2. The lowest BCUT2D eigenvalue weighted by Gasteiger charge is -2.19. The van der Waals surface area contributed by atoms with Gasteiger partial charge < -0.3 is 56.8 Å². The van der Waals surface area contributed by atoms with E-state index >= 15 is 28.8 Å². The molecular weight excluding hydrogens is 1870 g/mol. The molecule has 10 rings (SSSR count). The van der Waals surface area contributed by atoms with Gasteiger partial charge in [0.1, 0.15) is 34.5 Å². The van der Waals surface area contributed by atoms with Crippen LogP contribution in [0.2, 0.25) is 0 Å². The maximum absolute atomic E-state index is 15.2. The third-order valence-corrected chi connectivity index (χ3v) is 28.5. The maximum atomic E-state index is 15.2. The van der Waals surface area contributed by atoms with Crippen molar-refractivity contribution in [3.05, 3.63) is 215 Å². The first-order valence-electron chi connectivity index (χ1n) is 59.0. The highest BCUT2D eigenvalue weighted by Crippen LogP contribution is 2.49. The number of hydrogen-bond acceptors (Lipinski definition) is 18. The molecular formula is C132H180O18.